The first-order valence-electron chi connectivity index (χ1n) is 5.21. The van der Waals surface area contributed by atoms with Crippen LogP contribution in [-0.4, -0.2) is 25.8 Å². The molecule has 0 N–H and O–H groups in total. The highest BCUT2D eigenvalue weighted by Crippen LogP contribution is 2.43. The molecule has 0 aliphatic heterocycles. The molecule has 0 amide bonds. The van der Waals surface area contributed by atoms with Crippen LogP contribution in [0.25, 0.3) is 0 Å². The molecule has 0 radical (unpaired) electrons. The fourth-order valence-electron chi connectivity index (χ4n) is 2.28. The van der Waals surface area contributed by atoms with Gasteiger partial charge in [0.05, 0.1) is 0 Å². The summed E-state index contributed by atoms with van der Waals surface area (Å²) in [5.74, 6) is 0.349. The minimum Gasteiger partial charge on any atom is -0.229 e. The van der Waals surface area contributed by atoms with E-state index < -0.39 is 9.84 Å². The molecule has 0 saturated heterocycles. The molecule has 84 valence electrons. The van der Waals surface area contributed by atoms with Gasteiger partial charge >= 0.3 is 0 Å². The molecular formula is C10H19BrO2S. The van der Waals surface area contributed by atoms with Crippen LogP contribution in [0.2, 0.25) is 0 Å². The van der Waals surface area contributed by atoms with Gasteiger partial charge in [-0.3, -0.25) is 0 Å². The van der Waals surface area contributed by atoms with Crippen LogP contribution >= 0.6 is 15.9 Å². The van der Waals surface area contributed by atoms with Gasteiger partial charge in [0, 0.05) is 17.3 Å². The second kappa shape index (κ2) is 4.97. The van der Waals surface area contributed by atoms with Gasteiger partial charge in [-0.1, -0.05) is 28.8 Å². The molecule has 1 rings (SSSR count). The molecule has 0 aromatic rings. The van der Waals surface area contributed by atoms with Gasteiger partial charge < -0.3 is 0 Å². The van der Waals surface area contributed by atoms with E-state index in [1.54, 1.807) is 0 Å². The Morgan fingerprint density at radius 3 is 2.29 bits per heavy atom. The SMILES string of the molecule is CS(=O)(=O)CCCC1(CBr)CCCC1. The second-order valence-corrected chi connectivity index (χ2v) is 7.39. The molecule has 1 saturated carbocycles. The predicted molar refractivity (Wildman–Crippen MR) is 63.6 cm³/mol. The van der Waals surface area contributed by atoms with Gasteiger partial charge in [0.25, 0.3) is 0 Å². The minimum absolute atomic E-state index is 0.349. The summed E-state index contributed by atoms with van der Waals surface area (Å²) in [6.45, 7) is 0. The Labute approximate surface area is 95.5 Å². The molecule has 0 unspecified atom stereocenters. The van der Waals surface area contributed by atoms with Crippen molar-refractivity contribution in [3.05, 3.63) is 0 Å². The molecule has 0 atom stereocenters. The van der Waals surface area contributed by atoms with Crippen LogP contribution in [0.3, 0.4) is 0 Å². The van der Waals surface area contributed by atoms with Crippen LogP contribution in [0, 0.1) is 5.41 Å². The largest absolute Gasteiger partial charge is 0.229 e. The first kappa shape index (κ1) is 12.5. The van der Waals surface area contributed by atoms with E-state index in [2.05, 4.69) is 15.9 Å². The van der Waals surface area contributed by atoms with Gasteiger partial charge in [-0.05, 0) is 31.1 Å². The van der Waals surface area contributed by atoms with E-state index in [0.29, 0.717) is 11.2 Å². The summed E-state index contributed by atoms with van der Waals surface area (Å²) in [4.78, 5) is 0. The van der Waals surface area contributed by atoms with E-state index in [-0.39, 0.29) is 0 Å². The van der Waals surface area contributed by atoms with Crippen LogP contribution in [0.1, 0.15) is 38.5 Å². The molecule has 0 heterocycles. The van der Waals surface area contributed by atoms with Gasteiger partial charge in [-0.25, -0.2) is 8.42 Å². The minimum atomic E-state index is -2.77. The van der Waals surface area contributed by atoms with E-state index in [1.807, 2.05) is 0 Å². The van der Waals surface area contributed by atoms with Gasteiger partial charge in [-0.2, -0.15) is 0 Å². The van der Waals surface area contributed by atoms with Gasteiger partial charge in [0.2, 0.25) is 0 Å². The van der Waals surface area contributed by atoms with Crippen LogP contribution in [0.4, 0.5) is 0 Å². The fraction of sp³-hybridized carbons (Fsp3) is 1.00. The molecule has 0 bridgehead atoms. The average Bonchev–Trinajstić information content (AvgIpc) is 2.52. The predicted octanol–water partition coefficient (Wildman–Crippen LogP) is 2.77. The molecule has 2 nitrogen and oxygen atoms in total. The number of halogens is 1. The highest BCUT2D eigenvalue weighted by molar-refractivity contribution is 9.09. The molecule has 1 fully saturated rings. The summed E-state index contributed by atoms with van der Waals surface area (Å²) < 4.78 is 22.0. The zero-order chi connectivity index (χ0) is 10.7. The van der Waals surface area contributed by atoms with Crippen molar-refractivity contribution in [2.24, 2.45) is 5.41 Å². The molecule has 4 heteroatoms. The summed E-state index contributed by atoms with van der Waals surface area (Å²) in [5, 5.41) is 1.03. The number of hydrogen-bond acceptors (Lipinski definition) is 2. The van der Waals surface area contributed by atoms with Crippen molar-refractivity contribution in [3.8, 4) is 0 Å². The van der Waals surface area contributed by atoms with Crippen molar-refractivity contribution in [1.82, 2.24) is 0 Å². The number of rotatable bonds is 5. The van der Waals surface area contributed by atoms with Gasteiger partial charge in [-0.15, -0.1) is 0 Å². The lowest BCUT2D eigenvalue weighted by Gasteiger charge is -2.26. The highest BCUT2D eigenvalue weighted by atomic mass is 79.9. The van der Waals surface area contributed by atoms with Crippen LogP contribution in [0.5, 0.6) is 0 Å². The van der Waals surface area contributed by atoms with E-state index >= 15 is 0 Å². The number of alkyl halides is 1. The van der Waals surface area contributed by atoms with Crippen LogP contribution in [-0.2, 0) is 9.84 Å². The Morgan fingerprint density at radius 1 is 1.29 bits per heavy atom. The molecule has 1 aliphatic rings. The summed E-state index contributed by atoms with van der Waals surface area (Å²) in [7, 11) is -2.77. The summed E-state index contributed by atoms with van der Waals surface area (Å²) >= 11 is 3.56. The number of sulfone groups is 1. The van der Waals surface area contributed by atoms with Gasteiger partial charge in [0.15, 0.2) is 0 Å². The third-order valence-electron chi connectivity index (χ3n) is 3.17. The quantitative estimate of drug-likeness (QED) is 0.727. The maximum atomic E-state index is 11.0. The van der Waals surface area contributed by atoms with Crippen LogP contribution < -0.4 is 0 Å². The fourth-order valence-corrected chi connectivity index (χ4v) is 3.79. The Morgan fingerprint density at radius 2 is 1.86 bits per heavy atom. The lowest BCUT2D eigenvalue weighted by Crippen LogP contribution is -2.19. The molecule has 1 aliphatic carbocycles. The van der Waals surface area contributed by atoms with E-state index in [4.69, 9.17) is 0 Å². The third kappa shape index (κ3) is 3.89. The molecular weight excluding hydrogens is 264 g/mol. The van der Waals surface area contributed by atoms with Crippen LogP contribution in [0.15, 0.2) is 0 Å². The summed E-state index contributed by atoms with van der Waals surface area (Å²) in [5.41, 5.74) is 0.407. The average molecular weight is 283 g/mol. The zero-order valence-electron chi connectivity index (χ0n) is 8.76. The topological polar surface area (TPSA) is 34.1 Å². The Hall–Kier alpha value is 0.430. The first-order chi connectivity index (χ1) is 6.47. The molecule has 0 spiro atoms. The number of hydrogen-bond donors (Lipinski definition) is 0. The standard InChI is InChI=1S/C10H19BrO2S/c1-14(12,13)8-4-7-10(9-11)5-2-3-6-10/h2-9H2,1H3. The molecule has 0 aromatic heterocycles. The van der Waals surface area contributed by atoms with E-state index in [0.717, 1.165) is 18.2 Å². The van der Waals surface area contributed by atoms with Crippen molar-refractivity contribution < 1.29 is 8.42 Å². The highest BCUT2D eigenvalue weighted by Gasteiger charge is 2.32. The van der Waals surface area contributed by atoms with Crippen molar-refractivity contribution in [2.75, 3.05) is 17.3 Å². The van der Waals surface area contributed by atoms with Crippen molar-refractivity contribution >= 4 is 25.8 Å². The normalized spacial score (nSPS) is 21.3. The van der Waals surface area contributed by atoms with E-state index in [9.17, 15) is 8.42 Å². The van der Waals surface area contributed by atoms with Crippen molar-refractivity contribution in [1.29, 1.82) is 0 Å². The maximum absolute atomic E-state index is 11.0. The third-order valence-corrected chi connectivity index (χ3v) is 5.39. The Balaban J connectivity index is 2.35. The second-order valence-electron chi connectivity index (χ2n) is 4.57. The summed E-state index contributed by atoms with van der Waals surface area (Å²) in [6.07, 6.45) is 8.36. The lowest BCUT2D eigenvalue weighted by atomic mass is 9.84. The summed E-state index contributed by atoms with van der Waals surface area (Å²) in [6, 6.07) is 0. The maximum Gasteiger partial charge on any atom is 0.147 e. The van der Waals surface area contributed by atoms with E-state index in [1.165, 1.54) is 31.9 Å². The zero-order valence-corrected chi connectivity index (χ0v) is 11.2. The smallest absolute Gasteiger partial charge is 0.147 e. The molecule has 14 heavy (non-hydrogen) atoms. The Bertz CT molecular complexity index is 266. The monoisotopic (exact) mass is 282 g/mol. The molecule has 0 aromatic carbocycles. The van der Waals surface area contributed by atoms with Gasteiger partial charge in [0.1, 0.15) is 9.84 Å². The van der Waals surface area contributed by atoms with Crippen molar-refractivity contribution in [3.63, 3.8) is 0 Å². The Kier molecular flexibility index (Phi) is 4.44. The first-order valence-corrected chi connectivity index (χ1v) is 8.39. The van der Waals surface area contributed by atoms with Crippen molar-refractivity contribution in [2.45, 2.75) is 38.5 Å². The lowest BCUT2D eigenvalue weighted by molar-refractivity contribution is 0.316.